The van der Waals surface area contributed by atoms with Crippen molar-refractivity contribution < 1.29 is 23.0 Å². The highest BCUT2D eigenvalue weighted by molar-refractivity contribution is 5.68. The van der Waals surface area contributed by atoms with E-state index in [0.717, 1.165) is 0 Å². The molecule has 0 aliphatic heterocycles. The third-order valence-electron chi connectivity index (χ3n) is 2.28. The number of hydrogen-bond acceptors (Lipinski definition) is 3. The molecule has 0 unspecified atom stereocenters. The van der Waals surface area contributed by atoms with Crippen LogP contribution in [-0.2, 0) is 9.47 Å². The second-order valence-electron chi connectivity index (χ2n) is 5.20. The Balaban J connectivity index is 2.71. The van der Waals surface area contributed by atoms with Gasteiger partial charge in [0.1, 0.15) is 5.60 Å². The van der Waals surface area contributed by atoms with E-state index < -0.39 is 24.3 Å². The van der Waals surface area contributed by atoms with Crippen molar-refractivity contribution in [3.63, 3.8) is 0 Å². The van der Waals surface area contributed by atoms with Crippen LogP contribution in [0.15, 0.2) is 30.3 Å². The summed E-state index contributed by atoms with van der Waals surface area (Å²) in [5.41, 5.74) is 0.00790. The summed E-state index contributed by atoms with van der Waals surface area (Å²) in [6.45, 7) is 1.95. The Morgan fingerprint density at radius 3 is 2.35 bits per heavy atom. The largest absolute Gasteiger partial charge is 0.444 e. The molecule has 0 saturated carbocycles. The molecule has 112 valence electrons. The van der Waals surface area contributed by atoms with Gasteiger partial charge in [-0.25, -0.2) is 4.79 Å². The van der Waals surface area contributed by atoms with Crippen LogP contribution in [0.1, 0.15) is 32.4 Å². The molecule has 0 aliphatic rings. The predicted octanol–water partition coefficient (Wildman–Crippen LogP) is 3.49. The molecule has 20 heavy (non-hydrogen) atoms. The SMILES string of the molecule is CC(C)(C)OC(=O)N[C@H](COC(F)F)c1ccccc1. The maximum absolute atomic E-state index is 12.2. The van der Waals surface area contributed by atoms with Gasteiger partial charge in [-0.2, -0.15) is 8.78 Å². The van der Waals surface area contributed by atoms with Gasteiger partial charge in [0, 0.05) is 0 Å². The number of alkyl carbamates (subject to hydrolysis) is 1. The van der Waals surface area contributed by atoms with Gasteiger partial charge in [-0.3, -0.25) is 0 Å². The van der Waals surface area contributed by atoms with Gasteiger partial charge in [0.05, 0.1) is 12.6 Å². The first-order chi connectivity index (χ1) is 9.28. The minimum atomic E-state index is -2.89. The van der Waals surface area contributed by atoms with Crippen molar-refractivity contribution in [3.05, 3.63) is 35.9 Å². The van der Waals surface area contributed by atoms with E-state index in [1.54, 1.807) is 51.1 Å². The van der Waals surface area contributed by atoms with E-state index in [9.17, 15) is 13.6 Å². The summed E-state index contributed by atoms with van der Waals surface area (Å²) >= 11 is 0. The molecule has 6 heteroatoms. The van der Waals surface area contributed by atoms with Crippen LogP contribution in [0.2, 0.25) is 0 Å². The van der Waals surface area contributed by atoms with Crippen LogP contribution in [0, 0.1) is 0 Å². The molecule has 0 saturated heterocycles. The number of carbonyl (C=O) groups is 1. The Hall–Kier alpha value is -1.69. The number of halogens is 2. The van der Waals surface area contributed by atoms with Gasteiger partial charge >= 0.3 is 12.7 Å². The molecule has 0 spiro atoms. The van der Waals surface area contributed by atoms with E-state index in [1.165, 1.54) is 0 Å². The van der Waals surface area contributed by atoms with Crippen molar-refractivity contribution in [1.29, 1.82) is 0 Å². The predicted molar refractivity (Wildman–Crippen MR) is 70.5 cm³/mol. The molecule has 1 amide bonds. The normalized spacial score (nSPS) is 13.1. The summed E-state index contributed by atoms with van der Waals surface area (Å²) in [4.78, 5) is 11.7. The number of alkyl halides is 2. The minimum Gasteiger partial charge on any atom is -0.444 e. The average Bonchev–Trinajstić information content (AvgIpc) is 2.33. The number of nitrogens with one attached hydrogen (secondary N) is 1. The van der Waals surface area contributed by atoms with Crippen molar-refractivity contribution in [3.8, 4) is 0 Å². The van der Waals surface area contributed by atoms with Gasteiger partial charge in [0.25, 0.3) is 0 Å². The number of rotatable bonds is 5. The quantitative estimate of drug-likeness (QED) is 0.901. The first kappa shape index (κ1) is 16.4. The summed E-state index contributed by atoms with van der Waals surface area (Å²) in [6, 6.07) is 8.04. The third kappa shape index (κ3) is 6.47. The number of amides is 1. The first-order valence-corrected chi connectivity index (χ1v) is 6.22. The van der Waals surface area contributed by atoms with Crippen molar-refractivity contribution in [2.75, 3.05) is 6.61 Å². The maximum Gasteiger partial charge on any atom is 0.408 e. The van der Waals surface area contributed by atoms with Crippen LogP contribution in [0.4, 0.5) is 13.6 Å². The van der Waals surface area contributed by atoms with Crippen molar-refractivity contribution in [2.45, 2.75) is 39.0 Å². The van der Waals surface area contributed by atoms with E-state index in [0.29, 0.717) is 5.56 Å². The molecule has 1 aromatic carbocycles. The van der Waals surface area contributed by atoms with Crippen LogP contribution in [-0.4, -0.2) is 24.9 Å². The Kier molecular flexibility index (Phi) is 5.88. The van der Waals surface area contributed by atoms with E-state index >= 15 is 0 Å². The molecule has 1 atom stereocenters. The minimum absolute atomic E-state index is 0.332. The van der Waals surface area contributed by atoms with Gasteiger partial charge in [0.2, 0.25) is 0 Å². The monoisotopic (exact) mass is 287 g/mol. The lowest BCUT2D eigenvalue weighted by molar-refractivity contribution is -0.134. The summed E-state index contributed by atoms with van der Waals surface area (Å²) in [5.74, 6) is 0. The molecule has 1 N–H and O–H groups in total. The third-order valence-corrected chi connectivity index (χ3v) is 2.28. The molecule has 1 aromatic rings. The fourth-order valence-corrected chi connectivity index (χ4v) is 1.53. The van der Waals surface area contributed by atoms with Crippen LogP contribution >= 0.6 is 0 Å². The average molecular weight is 287 g/mol. The number of hydrogen-bond donors (Lipinski definition) is 1. The zero-order valence-electron chi connectivity index (χ0n) is 11.7. The molecular formula is C14H19F2NO3. The zero-order chi connectivity index (χ0) is 15.2. The lowest BCUT2D eigenvalue weighted by Crippen LogP contribution is -2.36. The topological polar surface area (TPSA) is 47.6 Å². The maximum atomic E-state index is 12.2. The van der Waals surface area contributed by atoms with Crippen molar-refractivity contribution in [2.24, 2.45) is 0 Å². The standard InChI is InChI=1S/C14H19F2NO3/c1-14(2,3)20-13(18)17-11(9-19-12(15)16)10-7-5-4-6-8-10/h4-8,11-12H,9H2,1-3H3,(H,17,18)/t11-/m1/s1. The van der Waals surface area contributed by atoms with Crippen molar-refractivity contribution >= 4 is 6.09 Å². The molecule has 0 aliphatic carbocycles. The highest BCUT2D eigenvalue weighted by Gasteiger charge is 2.21. The molecular weight excluding hydrogens is 268 g/mol. The summed E-state index contributed by atoms with van der Waals surface area (Å²) in [6.07, 6.45) is -0.677. The summed E-state index contributed by atoms with van der Waals surface area (Å²) < 4.78 is 33.7. The number of benzene rings is 1. The number of carbonyl (C=O) groups excluding carboxylic acids is 1. The van der Waals surface area contributed by atoms with E-state index in [4.69, 9.17) is 4.74 Å². The highest BCUT2D eigenvalue weighted by Crippen LogP contribution is 2.16. The molecule has 1 rings (SSSR count). The van der Waals surface area contributed by atoms with Crippen LogP contribution < -0.4 is 5.32 Å². The van der Waals surface area contributed by atoms with E-state index in [1.807, 2.05) is 0 Å². The highest BCUT2D eigenvalue weighted by atomic mass is 19.3. The second kappa shape index (κ2) is 7.19. The Morgan fingerprint density at radius 1 is 1.25 bits per heavy atom. The fraction of sp³-hybridized carbons (Fsp3) is 0.500. The van der Waals surface area contributed by atoms with Gasteiger partial charge in [-0.05, 0) is 26.3 Å². The fourth-order valence-electron chi connectivity index (χ4n) is 1.53. The van der Waals surface area contributed by atoms with Crippen LogP contribution in [0.5, 0.6) is 0 Å². The Bertz CT molecular complexity index is 418. The lowest BCUT2D eigenvalue weighted by atomic mass is 10.1. The van der Waals surface area contributed by atoms with Gasteiger partial charge in [-0.1, -0.05) is 30.3 Å². The molecule has 0 aromatic heterocycles. The van der Waals surface area contributed by atoms with Crippen molar-refractivity contribution in [1.82, 2.24) is 5.32 Å². The van der Waals surface area contributed by atoms with Gasteiger partial charge < -0.3 is 14.8 Å². The molecule has 0 radical (unpaired) electrons. The first-order valence-electron chi connectivity index (χ1n) is 6.22. The Morgan fingerprint density at radius 2 is 1.85 bits per heavy atom. The van der Waals surface area contributed by atoms with Gasteiger partial charge in [-0.15, -0.1) is 0 Å². The van der Waals surface area contributed by atoms with Crippen LogP contribution in [0.25, 0.3) is 0 Å². The smallest absolute Gasteiger partial charge is 0.408 e. The van der Waals surface area contributed by atoms with E-state index in [-0.39, 0.29) is 6.61 Å². The molecule has 4 nitrogen and oxygen atoms in total. The molecule has 0 heterocycles. The van der Waals surface area contributed by atoms with Gasteiger partial charge in [0.15, 0.2) is 0 Å². The second-order valence-corrected chi connectivity index (χ2v) is 5.20. The summed E-state index contributed by atoms with van der Waals surface area (Å²) in [5, 5.41) is 2.53. The van der Waals surface area contributed by atoms with E-state index in [2.05, 4.69) is 10.1 Å². The number of ether oxygens (including phenoxy) is 2. The Labute approximate surface area is 117 Å². The zero-order valence-corrected chi connectivity index (χ0v) is 11.7. The molecule has 0 fully saturated rings. The summed E-state index contributed by atoms with van der Waals surface area (Å²) in [7, 11) is 0. The molecule has 0 bridgehead atoms. The van der Waals surface area contributed by atoms with Crippen LogP contribution in [0.3, 0.4) is 0 Å². The lowest BCUT2D eigenvalue weighted by Gasteiger charge is -2.23.